The Bertz CT molecular complexity index is 593. The molecule has 2 N–H and O–H groups in total. The van der Waals surface area contributed by atoms with Crippen molar-refractivity contribution in [3.8, 4) is 5.75 Å². The van der Waals surface area contributed by atoms with Crippen molar-refractivity contribution in [3.63, 3.8) is 0 Å². The van der Waals surface area contributed by atoms with E-state index < -0.39 is 17.4 Å². The van der Waals surface area contributed by atoms with Gasteiger partial charge in [-0.05, 0) is 30.7 Å². The van der Waals surface area contributed by atoms with E-state index in [2.05, 4.69) is 5.32 Å². The minimum atomic E-state index is -1.01. The Morgan fingerprint density at radius 1 is 1.05 bits per heavy atom. The number of aromatic hydroxyl groups is 1. The molecule has 2 rings (SSSR count). The van der Waals surface area contributed by atoms with Gasteiger partial charge in [0.25, 0.3) is 0 Å². The quantitative estimate of drug-likeness (QED) is 0.896. The van der Waals surface area contributed by atoms with Crippen LogP contribution >= 0.6 is 0 Å². The van der Waals surface area contributed by atoms with Gasteiger partial charge in [0.15, 0.2) is 17.4 Å². The first-order valence-corrected chi connectivity index (χ1v) is 6.13. The first kappa shape index (κ1) is 14.4. The highest BCUT2D eigenvalue weighted by molar-refractivity contribution is 5.30. The Morgan fingerprint density at radius 2 is 1.65 bits per heavy atom. The highest BCUT2D eigenvalue weighted by Crippen LogP contribution is 2.22. The predicted octanol–water partition coefficient (Wildman–Crippen LogP) is 3.66. The Kier molecular flexibility index (Phi) is 4.29. The largest absolute Gasteiger partial charge is 0.503 e. The smallest absolute Gasteiger partial charge is 0.187 e. The third kappa shape index (κ3) is 3.11. The lowest BCUT2D eigenvalue weighted by molar-refractivity contribution is 0.394. The molecule has 0 heterocycles. The number of hydrogen-bond donors (Lipinski definition) is 2. The molecule has 106 valence electrons. The van der Waals surface area contributed by atoms with E-state index in [1.807, 2.05) is 0 Å². The first-order valence-electron chi connectivity index (χ1n) is 6.13. The maximum Gasteiger partial charge on any atom is 0.187 e. The molecule has 2 nitrogen and oxygen atoms in total. The number of nitrogens with one attached hydrogen (secondary N) is 1. The zero-order valence-corrected chi connectivity index (χ0v) is 10.8. The van der Waals surface area contributed by atoms with E-state index in [4.69, 9.17) is 5.11 Å². The van der Waals surface area contributed by atoms with Crippen LogP contribution in [0.25, 0.3) is 0 Å². The molecule has 0 aliphatic carbocycles. The molecule has 0 saturated carbocycles. The van der Waals surface area contributed by atoms with Crippen LogP contribution in [0, 0.1) is 17.5 Å². The lowest BCUT2D eigenvalue weighted by Crippen LogP contribution is -2.19. The highest BCUT2D eigenvalue weighted by Gasteiger charge is 2.12. The molecule has 0 aliphatic heterocycles. The van der Waals surface area contributed by atoms with Gasteiger partial charge in [-0.2, -0.15) is 0 Å². The molecule has 2 aromatic carbocycles. The third-order valence-corrected chi connectivity index (χ3v) is 3.06. The average Bonchev–Trinajstić information content (AvgIpc) is 2.42. The Morgan fingerprint density at radius 3 is 2.25 bits per heavy atom. The summed E-state index contributed by atoms with van der Waals surface area (Å²) >= 11 is 0. The van der Waals surface area contributed by atoms with E-state index in [0.717, 1.165) is 12.1 Å². The van der Waals surface area contributed by atoms with Crippen molar-refractivity contribution in [1.82, 2.24) is 5.32 Å². The molecule has 0 saturated heterocycles. The van der Waals surface area contributed by atoms with Crippen LogP contribution in [0.3, 0.4) is 0 Å². The number of phenolic OH excluding ortho intramolecular Hbond substituents is 1. The Balaban J connectivity index is 2.07. The summed E-state index contributed by atoms with van der Waals surface area (Å²) in [5.74, 6) is -3.35. The fourth-order valence-corrected chi connectivity index (χ4v) is 1.93. The van der Waals surface area contributed by atoms with Crippen molar-refractivity contribution in [2.45, 2.75) is 19.5 Å². The van der Waals surface area contributed by atoms with Gasteiger partial charge in [0.05, 0.1) is 0 Å². The van der Waals surface area contributed by atoms with E-state index in [-0.39, 0.29) is 18.4 Å². The fourth-order valence-electron chi connectivity index (χ4n) is 1.93. The molecule has 0 radical (unpaired) electrons. The van der Waals surface area contributed by atoms with Crippen molar-refractivity contribution in [2.75, 3.05) is 0 Å². The van der Waals surface area contributed by atoms with Gasteiger partial charge < -0.3 is 10.4 Å². The van der Waals surface area contributed by atoms with Gasteiger partial charge in [0.1, 0.15) is 5.82 Å². The van der Waals surface area contributed by atoms with Gasteiger partial charge in [-0.25, -0.2) is 13.2 Å². The monoisotopic (exact) mass is 281 g/mol. The van der Waals surface area contributed by atoms with Crippen molar-refractivity contribution in [2.24, 2.45) is 0 Å². The average molecular weight is 281 g/mol. The number of rotatable bonds is 4. The number of phenols is 1. The molecule has 5 heteroatoms. The summed E-state index contributed by atoms with van der Waals surface area (Å²) in [5.41, 5.74) is 0.813. The van der Waals surface area contributed by atoms with Crippen molar-refractivity contribution in [1.29, 1.82) is 0 Å². The normalized spacial score (nSPS) is 12.4. The Hall–Kier alpha value is -2.01. The lowest BCUT2D eigenvalue weighted by Gasteiger charge is -2.15. The van der Waals surface area contributed by atoms with Crippen LogP contribution in [0.2, 0.25) is 0 Å². The molecule has 20 heavy (non-hydrogen) atoms. The van der Waals surface area contributed by atoms with Gasteiger partial charge in [-0.3, -0.25) is 0 Å². The van der Waals surface area contributed by atoms with Crippen LogP contribution in [-0.2, 0) is 6.54 Å². The second-order valence-electron chi connectivity index (χ2n) is 4.53. The van der Waals surface area contributed by atoms with Crippen LogP contribution in [0.1, 0.15) is 24.1 Å². The molecular weight excluding hydrogens is 267 g/mol. The van der Waals surface area contributed by atoms with Crippen molar-refractivity contribution < 1.29 is 18.3 Å². The number of hydrogen-bond acceptors (Lipinski definition) is 2. The summed E-state index contributed by atoms with van der Waals surface area (Å²) in [7, 11) is 0. The molecule has 1 atom stereocenters. The summed E-state index contributed by atoms with van der Waals surface area (Å²) in [6, 6.07) is 8.08. The molecule has 0 amide bonds. The molecule has 0 bridgehead atoms. The third-order valence-electron chi connectivity index (χ3n) is 3.06. The maximum absolute atomic E-state index is 13.6. The zero-order chi connectivity index (χ0) is 14.7. The van der Waals surface area contributed by atoms with Crippen molar-refractivity contribution >= 4 is 0 Å². The Labute approximate surface area is 114 Å². The van der Waals surface area contributed by atoms with Gasteiger partial charge in [0, 0.05) is 18.2 Å². The van der Waals surface area contributed by atoms with E-state index >= 15 is 0 Å². The first-order chi connectivity index (χ1) is 9.49. The number of halogens is 3. The highest BCUT2D eigenvalue weighted by atomic mass is 19.1. The topological polar surface area (TPSA) is 32.3 Å². The fraction of sp³-hybridized carbons (Fsp3) is 0.200. The van der Waals surface area contributed by atoms with E-state index in [0.29, 0.717) is 11.1 Å². The molecular formula is C15H14F3NO. The molecule has 0 aliphatic rings. The standard InChI is InChI=1S/C15H14F3NO/c1-9(11-4-2-3-5-12(11)16)19-8-10-6-13(17)15(20)14(18)7-10/h2-7,9,19-20H,8H2,1H3/t9-/m1/s1. The predicted molar refractivity (Wildman–Crippen MR) is 69.7 cm³/mol. The van der Waals surface area contributed by atoms with Crippen LogP contribution in [0.5, 0.6) is 5.75 Å². The maximum atomic E-state index is 13.6. The molecule has 2 aromatic rings. The van der Waals surface area contributed by atoms with E-state index in [1.165, 1.54) is 6.07 Å². The minimum Gasteiger partial charge on any atom is -0.503 e. The van der Waals surface area contributed by atoms with Crippen molar-refractivity contribution in [3.05, 3.63) is 65.0 Å². The van der Waals surface area contributed by atoms with Crippen LogP contribution < -0.4 is 5.32 Å². The zero-order valence-electron chi connectivity index (χ0n) is 10.8. The second-order valence-corrected chi connectivity index (χ2v) is 4.53. The van der Waals surface area contributed by atoms with Crippen LogP contribution in [-0.4, -0.2) is 5.11 Å². The molecule has 0 fully saturated rings. The summed E-state index contributed by atoms with van der Waals surface area (Å²) in [5, 5.41) is 12.0. The van der Waals surface area contributed by atoms with Gasteiger partial charge in [-0.1, -0.05) is 18.2 Å². The molecule has 0 unspecified atom stereocenters. The molecule has 0 aromatic heterocycles. The van der Waals surface area contributed by atoms with Gasteiger partial charge >= 0.3 is 0 Å². The van der Waals surface area contributed by atoms with Crippen LogP contribution in [0.15, 0.2) is 36.4 Å². The summed E-state index contributed by atoms with van der Waals surface area (Å²) in [6.45, 7) is 1.91. The van der Waals surface area contributed by atoms with E-state index in [9.17, 15) is 13.2 Å². The SMILES string of the molecule is C[C@@H](NCc1cc(F)c(O)c(F)c1)c1ccccc1F. The minimum absolute atomic E-state index is 0.156. The molecule has 0 spiro atoms. The summed E-state index contributed by atoms with van der Waals surface area (Å²) < 4.78 is 39.9. The summed E-state index contributed by atoms with van der Waals surface area (Å²) in [4.78, 5) is 0. The van der Waals surface area contributed by atoms with Gasteiger partial charge in [0.2, 0.25) is 0 Å². The number of benzene rings is 2. The summed E-state index contributed by atoms with van der Waals surface area (Å²) in [6.07, 6.45) is 0. The van der Waals surface area contributed by atoms with Gasteiger partial charge in [-0.15, -0.1) is 0 Å². The lowest BCUT2D eigenvalue weighted by atomic mass is 10.1. The second kappa shape index (κ2) is 5.96. The van der Waals surface area contributed by atoms with E-state index in [1.54, 1.807) is 25.1 Å². The van der Waals surface area contributed by atoms with Crippen LogP contribution in [0.4, 0.5) is 13.2 Å².